The number of hydrogen-bond acceptors (Lipinski definition) is 6. The number of rotatable bonds is 3. The molecule has 0 aromatic heterocycles. The Kier molecular flexibility index (Phi) is 3.35. The van der Waals surface area contributed by atoms with Gasteiger partial charge in [-0.1, -0.05) is 17.7 Å². The van der Waals surface area contributed by atoms with Crippen molar-refractivity contribution in [3.8, 4) is 0 Å². The van der Waals surface area contributed by atoms with E-state index < -0.39 is 27.8 Å². The molecule has 1 aromatic rings. The normalized spacial score (nSPS) is 48.9. The first-order valence-electron chi connectivity index (χ1n) is 9.23. The van der Waals surface area contributed by atoms with Crippen LogP contribution in [0.4, 0.5) is 0 Å². The van der Waals surface area contributed by atoms with Gasteiger partial charge in [0.25, 0.3) is 10.1 Å². The van der Waals surface area contributed by atoms with Crippen molar-refractivity contribution in [2.24, 2.45) is 23.7 Å². The molecular formula is C19H24O6S. The zero-order valence-electron chi connectivity index (χ0n) is 15.1. The highest BCUT2D eigenvalue weighted by Crippen LogP contribution is 2.68. The van der Waals surface area contributed by atoms with E-state index in [9.17, 15) is 13.5 Å². The molecular weight excluding hydrogens is 356 g/mol. The summed E-state index contributed by atoms with van der Waals surface area (Å²) in [6, 6.07) is 6.65. The van der Waals surface area contributed by atoms with Crippen LogP contribution in [0.2, 0.25) is 0 Å². The van der Waals surface area contributed by atoms with Crippen LogP contribution < -0.4 is 0 Å². The third-order valence-corrected chi connectivity index (χ3v) is 8.19. The van der Waals surface area contributed by atoms with E-state index in [0.29, 0.717) is 0 Å². The second-order valence-electron chi connectivity index (χ2n) is 8.54. The number of aryl methyl sites for hydroxylation is 1. The minimum atomic E-state index is -3.90. The number of hydrogen-bond donors (Lipinski definition) is 1. The molecule has 7 heteroatoms. The van der Waals surface area contributed by atoms with Gasteiger partial charge in [-0.3, -0.25) is 4.18 Å². The summed E-state index contributed by atoms with van der Waals surface area (Å²) in [6.45, 7) is 5.42. The van der Waals surface area contributed by atoms with Gasteiger partial charge >= 0.3 is 0 Å². The highest BCUT2D eigenvalue weighted by Gasteiger charge is 2.76. The van der Waals surface area contributed by atoms with Crippen LogP contribution in [0.3, 0.4) is 0 Å². The Balaban J connectivity index is 1.51. The van der Waals surface area contributed by atoms with Crippen LogP contribution in [0, 0.1) is 30.6 Å². The van der Waals surface area contributed by atoms with Gasteiger partial charge in [-0.25, -0.2) is 0 Å². The molecule has 6 unspecified atom stereocenters. The van der Waals surface area contributed by atoms with Gasteiger partial charge in [-0.05, 0) is 57.6 Å². The summed E-state index contributed by atoms with van der Waals surface area (Å²) in [4.78, 5) is 0.151. The molecule has 2 saturated heterocycles. The largest absolute Gasteiger partial charge is 0.365 e. The van der Waals surface area contributed by atoms with Crippen molar-refractivity contribution in [3.63, 3.8) is 0 Å². The average Bonchev–Trinajstić information content (AvgIpc) is 2.93. The molecule has 4 bridgehead atoms. The maximum Gasteiger partial charge on any atom is 0.297 e. The van der Waals surface area contributed by atoms with Gasteiger partial charge in [0.05, 0.1) is 11.0 Å². The van der Waals surface area contributed by atoms with Gasteiger partial charge < -0.3 is 14.6 Å². The second kappa shape index (κ2) is 5.08. The topological polar surface area (TPSA) is 82.1 Å². The van der Waals surface area contributed by atoms with E-state index in [1.54, 1.807) is 31.2 Å². The fraction of sp³-hybridized carbons (Fsp3) is 0.684. The molecule has 8 atom stereocenters. The van der Waals surface area contributed by atoms with E-state index in [0.717, 1.165) is 18.4 Å². The highest BCUT2D eigenvalue weighted by atomic mass is 32.2. The molecule has 2 heterocycles. The SMILES string of the molecule is Cc1ccc(S(=O)(=O)O[C@H]2C3CCC4C2OC2(C)O[C@](C)(O)C3C42)cc1. The third-order valence-electron chi connectivity index (χ3n) is 6.86. The quantitative estimate of drug-likeness (QED) is 0.810. The van der Waals surface area contributed by atoms with Crippen LogP contribution in [0.25, 0.3) is 0 Å². The van der Waals surface area contributed by atoms with Gasteiger partial charge in [0, 0.05) is 11.8 Å². The van der Waals surface area contributed by atoms with Crippen molar-refractivity contribution in [1.29, 1.82) is 0 Å². The fourth-order valence-electron chi connectivity index (χ4n) is 6.05. The fourth-order valence-corrected chi connectivity index (χ4v) is 7.18. The molecule has 6 rings (SSSR count). The molecule has 2 aliphatic heterocycles. The predicted octanol–water partition coefficient (Wildman–Crippen LogP) is 2.19. The molecule has 0 spiro atoms. The summed E-state index contributed by atoms with van der Waals surface area (Å²) in [6.07, 6.45) is 0.876. The average molecular weight is 380 g/mol. The number of ether oxygens (including phenoxy) is 2. The molecule has 5 fully saturated rings. The minimum Gasteiger partial charge on any atom is -0.365 e. The number of benzene rings is 1. The minimum absolute atomic E-state index is 0.0863. The molecule has 26 heavy (non-hydrogen) atoms. The van der Waals surface area contributed by atoms with Crippen LogP contribution in [-0.4, -0.2) is 37.3 Å². The van der Waals surface area contributed by atoms with Crippen molar-refractivity contribution < 1.29 is 27.2 Å². The summed E-state index contributed by atoms with van der Waals surface area (Å²) >= 11 is 0. The van der Waals surface area contributed by atoms with Crippen LogP contribution in [0.1, 0.15) is 32.3 Å². The summed E-state index contributed by atoms with van der Waals surface area (Å²) < 4.78 is 43.5. The summed E-state index contributed by atoms with van der Waals surface area (Å²) in [7, 11) is -3.90. The maximum absolute atomic E-state index is 12.8. The number of aliphatic hydroxyl groups is 1. The monoisotopic (exact) mass is 380 g/mol. The summed E-state index contributed by atoms with van der Waals surface area (Å²) in [5, 5.41) is 10.8. The number of fused-ring (bicyclic) bond motifs is 1. The van der Waals surface area contributed by atoms with Gasteiger partial charge in [0.2, 0.25) is 0 Å². The van der Waals surface area contributed by atoms with Crippen LogP contribution in [0.15, 0.2) is 29.2 Å². The lowest BCUT2D eigenvalue weighted by molar-refractivity contribution is -0.324. The van der Waals surface area contributed by atoms with E-state index in [2.05, 4.69) is 0 Å². The molecule has 3 aliphatic carbocycles. The molecule has 1 aromatic carbocycles. The smallest absolute Gasteiger partial charge is 0.297 e. The highest BCUT2D eigenvalue weighted by molar-refractivity contribution is 7.86. The zero-order chi connectivity index (χ0) is 18.5. The predicted molar refractivity (Wildman–Crippen MR) is 91.4 cm³/mol. The van der Waals surface area contributed by atoms with Crippen LogP contribution in [0.5, 0.6) is 0 Å². The van der Waals surface area contributed by atoms with E-state index in [-0.39, 0.29) is 34.7 Å². The summed E-state index contributed by atoms with van der Waals surface area (Å²) in [5.74, 6) is -2.24. The zero-order valence-corrected chi connectivity index (χ0v) is 15.9. The lowest BCUT2D eigenvalue weighted by Crippen LogP contribution is -2.58. The van der Waals surface area contributed by atoms with E-state index in [1.807, 2.05) is 13.8 Å². The van der Waals surface area contributed by atoms with Gasteiger partial charge in [-0.15, -0.1) is 0 Å². The van der Waals surface area contributed by atoms with Crippen molar-refractivity contribution in [2.45, 2.75) is 62.3 Å². The molecule has 5 aliphatic rings. The lowest BCUT2D eigenvalue weighted by Gasteiger charge is -2.51. The van der Waals surface area contributed by atoms with Crippen LogP contribution in [-0.2, 0) is 23.8 Å². The van der Waals surface area contributed by atoms with E-state index in [4.69, 9.17) is 13.7 Å². The van der Waals surface area contributed by atoms with E-state index >= 15 is 0 Å². The van der Waals surface area contributed by atoms with Crippen molar-refractivity contribution in [3.05, 3.63) is 29.8 Å². The first-order chi connectivity index (χ1) is 12.1. The van der Waals surface area contributed by atoms with Crippen molar-refractivity contribution in [1.82, 2.24) is 0 Å². The molecule has 0 radical (unpaired) electrons. The molecule has 1 N–H and O–H groups in total. The molecule has 3 saturated carbocycles. The second-order valence-corrected chi connectivity index (χ2v) is 10.1. The molecule has 142 valence electrons. The van der Waals surface area contributed by atoms with E-state index in [1.165, 1.54) is 0 Å². The van der Waals surface area contributed by atoms with Gasteiger partial charge in [0.1, 0.15) is 6.10 Å². The molecule has 6 nitrogen and oxygen atoms in total. The Morgan fingerprint density at radius 2 is 1.77 bits per heavy atom. The van der Waals surface area contributed by atoms with Crippen LogP contribution >= 0.6 is 0 Å². The Morgan fingerprint density at radius 3 is 2.46 bits per heavy atom. The Hall–Kier alpha value is -0.990. The Morgan fingerprint density at radius 1 is 1.12 bits per heavy atom. The van der Waals surface area contributed by atoms with Crippen molar-refractivity contribution in [2.75, 3.05) is 0 Å². The lowest BCUT2D eigenvalue weighted by atomic mass is 9.55. The van der Waals surface area contributed by atoms with Crippen molar-refractivity contribution >= 4 is 10.1 Å². The Labute approximate surface area is 153 Å². The first-order valence-corrected chi connectivity index (χ1v) is 10.6. The van der Waals surface area contributed by atoms with Gasteiger partial charge in [-0.2, -0.15) is 8.42 Å². The molecule has 0 amide bonds. The Bertz CT molecular complexity index is 847. The summed E-state index contributed by atoms with van der Waals surface area (Å²) in [5.41, 5.74) is 0.987. The van der Waals surface area contributed by atoms with Gasteiger partial charge in [0.15, 0.2) is 11.6 Å². The standard InChI is InChI=1S/C19H24O6S/c1-10-4-6-11(7-5-10)26(21,22)24-17-12-8-9-13-15-14(12)18(2,20)25-19(15,3)23-16(13)17/h4-7,12-17,20H,8-9H2,1-3H3/t12?,13?,14?,15?,16?,17-,18-,19?/m0/s1. The first kappa shape index (κ1) is 17.1. The maximum atomic E-state index is 12.8. The third kappa shape index (κ3) is 2.15.